The van der Waals surface area contributed by atoms with Gasteiger partial charge in [-0.2, -0.15) is 0 Å². The quantitative estimate of drug-likeness (QED) is 0.941. The van der Waals surface area contributed by atoms with Gasteiger partial charge in [-0.05, 0) is 40.3 Å². The zero-order chi connectivity index (χ0) is 11.8. The number of nitrogens with zero attached hydrogens (tertiary/aromatic N) is 2. The third-order valence-corrected chi connectivity index (χ3v) is 4.00. The number of fused-ring (bicyclic) bond motifs is 1. The minimum absolute atomic E-state index is 0.725. The minimum atomic E-state index is 0.725. The average molecular weight is 292 g/mol. The zero-order valence-corrected chi connectivity index (χ0v) is 11.2. The lowest BCUT2D eigenvalue weighted by molar-refractivity contribution is 0.781. The fourth-order valence-electron chi connectivity index (χ4n) is 2.01. The molecule has 0 radical (unpaired) electrons. The molecule has 1 saturated carbocycles. The lowest BCUT2D eigenvalue weighted by atomic mass is 10.2. The van der Waals surface area contributed by atoms with Crippen LogP contribution >= 0.6 is 15.9 Å². The van der Waals surface area contributed by atoms with Crippen LogP contribution in [0, 0.1) is 11.8 Å². The summed E-state index contributed by atoms with van der Waals surface area (Å²) in [7, 11) is 0. The van der Waals surface area contributed by atoms with Crippen molar-refractivity contribution in [3.05, 3.63) is 28.9 Å². The number of para-hydroxylation sites is 1. The predicted molar refractivity (Wildman–Crippen MR) is 73.0 cm³/mol. The van der Waals surface area contributed by atoms with Gasteiger partial charge in [-0.25, -0.2) is 9.97 Å². The van der Waals surface area contributed by atoms with Crippen molar-refractivity contribution in [2.24, 2.45) is 11.8 Å². The summed E-state index contributed by atoms with van der Waals surface area (Å²) in [5.41, 5.74) is 0.967. The molecular formula is C13H14BrN3. The maximum Gasteiger partial charge on any atom is 0.223 e. The molecule has 88 valence electrons. The van der Waals surface area contributed by atoms with Crippen molar-refractivity contribution < 1.29 is 0 Å². The molecule has 1 heterocycles. The van der Waals surface area contributed by atoms with Gasteiger partial charge in [0.05, 0.1) is 5.52 Å². The largest absolute Gasteiger partial charge is 0.354 e. The number of aromatic nitrogens is 2. The van der Waals surface area contributed by atoms with Crippen LogP contribution in [0.3, 0.4) is 0 Å². The van der Waals surface area contributed by atoms with Crippen molar-refractivity contribution in [3.8, 4) is 0 Å². The van der Waals surface area contributed by atoms with E-state index in [-0.39, 0.29) is 0 Å². The third-order valence-electron chi connectivity index (χ3n) is 3.36. The van der Waals surface area contributed by atoms with Crippen molar-refractivity contribution in [2.45, 2.75) is 13.3 Å². The first kappa shape index (κ1) is 11.0. The first-order valence-electron chi connectivity index (χ1n) is 5.89. The Morgan fingerprint density at radius 3 is 3.06 bits per heavy atom. The van der Waals surface area contributed by atoms with Crippen molar-refractivity contribution in [1.29, 1.82) is 0 Å². The molecule has 0 bridgehead atoms. The van der Waals surface area contributed by atoms with Gasteiger partial charge in [0, 0.05) is 22.6 Å². The molecule has 1 aliphatic carbocycles. The van der Waals surface area contributed by atoms with Crippen LogP contribution in [0.4, 0.5) is 5.95 Å². The summed E-state index contributed by atoms with van der Waals surface area (Å²) in [6, 6.07) is 6.02. The standard InChI is InChI=1S/C13H14BrN3/c1-8-5-10(8)7-16-13-15-6-9-3-2-4-11(14)12(9)17-13/h2-4,6,8,10H,5,7H2,1H3,(H,15,16,17). The molecule has 2 atom stereocenters. The summed E-state index contributed by atoms with van der Waals surface area (Å²) >= 11 is 3.51. The van der Waals surface area contributed by atoms with Crippen LogP contribution in [-0.4, -0.2) is 16.5 Å². The highest BCUT2D eigenvalue weighted by Crippen LogP contribution is 2.37. The Kier molecular flexibility index (Phi) is 2.74. The van der Waals surface area contributed by atoms with Gasteiger partial charge in [0.2, 0.25) is 5.95 Å². The average Bonchev–Trinajstić information content (AvgIpc) is 3.04. The Morgan fingerprint density at radius 2 is 2.29 bits per heavy atom. The van der Waals surface area contributed by atoms with E-state index < -0.39 is 0 Å². The number of rotatable bonds is 3. The summed E-state index contributed by atoms with van der Waals surface area (Å²) in [5.74, 6) is 2.38. The monoisotopic (exact) mass is 291 g/mol. The van der Waals surface area contributed by atoms with Crippen LogP contribution in [0.1, 0.15) is 13.3 Å². The highest BCUT2D eigenvalue weighted by Gasteiger charge is 2.32. The second-order valence-corrected chi connectivity index (χ2v) is 5.58. The van der Waals surface area contributed by atoms with E-state index in [1.54, 1.807) is 0 Å². The molecule has 3 rings (SSSR count). The topological polar surface area (TPSA) is 37.8 Å². The van der Waals surface area contributed by atoms with Crippen LogP contribution in [-0.2, 0) is 0 Å². The molecule has 1 aromatic carbocycles. The van der Waals surface area contributed by atoms with E-state index in [1.165, 1.54) is 6.42 Å². The van der Waals surface area contributed by atoms with Crippen LogP contribution in [0.5, 0.6) is 0 Å². The number of halogens is 1. The first-order chi connectivity index (χ1) is 8.24. The summed E-state index contributed by atoms with van der Waals surface area (Å²) in [6.07, 6.45) is 3.19. The summed E-state index contributed by atoms with van der Waals surface area (Å²) in [6.45, 7) is 3.27. The maximum absolute atomic E-state index is 4.53. The molecule has 0 aliphatic heterocycles. The molecule has 0 saturated heterocycles. The number of nitrogens with one attached hydrogen (secondary N) is 1. The number of hydrogen-bond acceptors (Lipinski definition) is 3. The van der Waals surface area contributed by atoms with E-state index in [1.807, 2.05) is 24.4 Å². The predicted octanol–water partition coefficient (Wildman–Crippen LogP) is 3.46. The van der Waals surface area contributed by atoms with Crippen LogP contribution < -0.4 is 5.32 Å². The summed E-state index contributed by atoms with van der Waals surface area (Å²) < 4.78 is 1.01. The molecule has 2 unspecified atom stereocenters. The number of benzene rings is 1. The maximum atomic E-state index is 4.53. The van der Waals surface area contributed by atoms with Gasteiger partial charge in [0.15, 0.2) is 0 Å². The van der Waals surface area contributed by atoms with Crippen molar-refractivity contribution >= 4 is 32.8 Å². The van der Waals surface area contributed by atoms with E-state index in [0.717, 1.165) is 39.7 Å². The fourth-order valence-corrected chi connectivity index (χ4v) is 2.48. The van der Waals surface area contributed by atoms with Crippen LogP contribution in [0.25, 0.3) is 10.9 Å². The smallest absolute Gasteiger partial charge is 0.223 e. The summed E-state index contributed by atoms with van der Waals surface area (Å²) in [5, 5.41) is 4.37. The van der Waals surface area contributed by atoms with Crippen molar-refractivity contribution in [1.82, 2.24) is 9.97 Å². The molecular weight excluding hydrogens is 278 g/mol. The van der Waals surface area contributed by atoms with Gasteiger partial charge in [-0.3, -0.25) is 0 Å². The van der Waals surface area contributed by atoms with Crippen molar-refractivity contribution in [3.63, 3.8) is 0 Å². The molecule has 2 aromatic rings. The molecule has 17 heavy (non-hydrogen) atoms. The Bertz CT molecular complexity index is 555. The Hall–Kier alpha value is -1.16. The number of anilines is 1. The zero-order valence-electron chi connectivity index (χ0n) is 9.65. The Balaban J connectivity index is 1.83. The van der Waals surface area contributed by atoms with Gasteiger partial charge < -0.3 is 5.32 Å². The molecule has 1 fully saturated rings. The van der Waals surface area contributed by atoms with Gasteiger partial charge in [0.1, 0.15) is 0 Å². The van der Waals surface area contributed by atoms with E-state index in [2.05, 4.69) is 38.1 Å². The van der Waals surface area contributed by atoms with Crippen molar-refractivity contribution in [2.75, 3.05) is 11.9 Å². The molecule has 0 spiro atoms. The lowest BCUT2D eigenvalue weighted by Crippen LogP contribution is -2.07. The van der Waals surface area contributed by atoms with Gasteiger partial charge in [-0.1, -0.05) is 19.1 Å². The molecule has 1 aromatic heterocycles. The van der Waals surface area contributed by atoms with Crippen LogP contribution in [0.2, 0.25) is 0 Å². The highest BCUT2D eigenvalue weighted by molar-refractivity contribution is 9.10. The fraction of sp³-hybridized carbons (Fsp3) is 0.385. The van der Waals surface area contributed by atoms with E-state index in [4.69, 9.17) is 0 Å². The SMILES string of the molecule is CC1CC1CNc1ncc2cccc(Br)c2n1. The Labute approximate surface area is 109 Å². The molecule has 4 heteroatoms. The second kappa shape index (κ2) is 4.26. The normalized spacial score (nSPS) is 22.7. The third kappa shape index (κ3) is 2.27. The Morgan fingerprint density at radius 1 is 1.47 bits per heavy atom. The minimum Gasteiger partial charge on any atom is -0.354 e. The van der Waals surface area contributed by atoms with E-state index in [9.17, 15) is 0 Å². The molecule has 1 N–H and O–H groups in total. The highest BCUT2D eigenvalue weighted by atomic mass is 79.9. The van der Waals surface area contributed by atoms with Gasteiger partial charge in [-0.15, -0.1) is 0 Å². The lowest BCUT2D eigenvalue weighted by Gasteiger charge is -2.05. The molecule has 3 nitrogen and oxygen atoms in total. The van der Waals surface area contributed by atoms with Crippen LogP contribution in [0.15, 0.2) is 28.9 Å². The first-order valence-corrected chi connectivity index (χ1v) is 6.68. The van der Waals surface area contributed by atoms with E-state index >= 15 is 0 Å². The summed E-state index contributed by atoms with van der Waals surface area (Å²) in [4.78, 5) is 8.86. The molecule has 1 aliphatic rings. The van der Waals surface area contributed by atoms with Gasteiger partial charge >= 0.3 is 0 Å². The molecule has 0 amide bonds. The van der Waals surface area contributed by atoms with E-state index in [0.29, 0.717) is 0 Å². The van der Waals surface area contributed by atoms with Gasteiger partial charge in [0.25, 0.3) is 0 Å². The number of hydrogen-bond donors (Lipinski definition) is 1. The second-order valence-electron chi connectivity index (χ2n) is 4.73.